The summed E-state index contributed by atoms with van der Waals surface area (Å²) in [5.74, 6) is 0.938. The third-order valence-corrected chi connectivity index (χ3v) is 4.23. The molecule has 0 aliphatic heterocycles. The first-order valence-electron chi connectivity index (χ1n) is 8.32. The van der Waals surface area contributed by atoms with Crippen LogP contribution < -0.4 is 4.74 Å². The quantitative estimate of drug-likeness (QED) is 0.425. The van der Waals surface area contributed by atoms with Gasteiger partial charge < -0.3 is 4.74 Å². The van der Waals surface area contributed by atoms with Crippen LogP contribution in [-0.4, -0.2) is 7.11 Å². The number of benzene rings is 4. The average Bonchev–Trinajstić information content (AvgIpc) is 2.67. The van der Waals surface area contributed by atoms with Crippen LogP contribution in [0.3, 0.4) is 0 Å². The van der Waals surface area contributed by atoms with Crippen molar-refractivity contribution in [2.24, 2.45) is 0 Å². The average molecular weight is 314 g/mol. The lowest BCUT2D eigenvalue weighted by atomic mass is 10.0. The molecule has 4 aromatic rings. The number of ether oxygens (including phenoxy) is 1. The molecule has 120 valence electrons. The Hall–Kier alpha value is -2.80. The second kappa shape index (κ2) is 7.65. The summed E-state index contributed by atoms with van der Waals surface area (Å²) in [4.78, 5) is 0. The Labute approximate surface area is 143 Å². The normalized spacial score (nSPS) is 10.2. The van der Waals surface area contributed by atoms with E-state index in [1.54, 1.807) is 7.11 Å². The highest BCUT2D eigenvalue weighted by Gasteiger charge is 1.97. The number of hydrogen-bond donors (Lipinski definition) is 0. The topological polar surface area (TPSA) is 9.23 Å². The van der Waals surface area contributed by atoms with Gasteiger partial charge in [-0.25, -0.2) is 0 Å². The second-order valence-corrected chi connectivity index (χ2v) is 5.67. The van der Waals surface area contributed by atoms with Gasteiger partial charge in [-0.3, -0.25) is 0 Å². The van der Waals surface area contributed by atoms with E-state index in [1.165, 1.54) is 27.1 Å². The van der Waals surface area contributed by atoms with Crippen molar-refractivity contribution in [2.45, 2.75) is 13.3 Å². The molecule has 0 fully saturated rings. The monoisotopic (exact) mass is 314 g/mol. The Bertz CT molecular complexity index is 851. The van der Waals surface area contributed by atoms with Crippen molar-refractivity contribution in [1.82, 2.24) is 0 Å². The van der Waals surface area contributed by atoms with Crippen LogP contribution in [0, 0.1) is 0 Å². The fourth-order valence-electron chi connectivity index (χ4n) is 2.97. The maximum atomic E-state index is 5.23. The Morgan fingerprint density at radius 2 is 1.17 bits per heavy atom. The zero-order valence-electron chi connectivity index (χ0n) is 14.2. The van der Waals surface area contributed by atoms with Gasteiger partial charge in [0.25, 0.3) is 0 Å². The highest BCUT2D eigenvalue weighted by molar-refractivity contribution is 5.88. The van der Waals surface area contributed by atoms with Gasteiger partial charge in [-0.2, -0.15) is 0 Å². The number of fused-ring (bicyclic) bond motifs is 2. The minimum atomic E-state index is 0.938. The van der Waals surface area contributed by atoms with Gasteiger partial charge in [0.05, 0.1) is 7.11 Å². The van der Waals surface area contributed by atoms with E-state index in [-0.39, 0.29) is 0 Å². The van der Waals surface area contributed by atoms with Crippen molar-refractivity contribution in [3.8, 4) is 5.75 Å². The summed E-state index contributed by atoms with van der Waals surface area (Å²) in [7, 11) is 1.70. The van der Waals surface area contributed by atoms with Crippen molar-refractivity contribution in [3.05, 3.63) is 90.5 Å². The smallest absolute Gasteiger partial charge is 0.126 e. The van der Waals surface area contributed by atoms with Gasteiger partial charge >= 0.3 is 0 Å². The maximum Gasteiger partial charge on any atom is 0.126 e. The number of rotatable bonds is 2. The molecule has 0 unspecified atom stereocenters. The van der Waals surface area contributed by atoms with Crippen molar-refractivity contribution in [2.75, 3.05) is 7.11 Å². The van der Waals surface area contributed by atoms with E-state index >= 15 is 0 Å². The summed E-state index contributed by atoms with van der Waals surface area (Å²) >= 11 is 0. The largest absolute Gasteiger partial charge is 0.496 e. The predicted molar refractivity (Wildman–Crippen MR) is 104 cm³/mol. The van der Waals surface area contributed by atoms with E-state index in [0.717, 1.165) is 12.2 Å². The van der Waals surface area contributed by atoms with Crippen molar-refractivity contribution in [3.63, 3.8) is 0 Å². The van der Waals surface area contributed by atoms with Crippen LogP contribution in [-0.2, 0) is 6.42 Å². The van der Waals surface area contributed by atoms with E-state index < -0.39 is 0 Å². The fourth-order valence-corrected chi connectivity index (χ4v) is 2.97. The van der Waals surface area contributed by atoms with Gasteiger partial charge in [0.2, 0.25) is 0 Å². The molecule has 0 atom stereocenters. The summed E-state index contributed by atoms with van der Waals surface area (Å²) in [6.07, 6.45) is 1.11. The van der Waals surface area contributed by atoms with Crippen LogP contribution >= 0.6 is 0 Å². The molecule has 1 heteroatoms. The van der Waals surface area contributed by atoms with Crippen molar-refractivity contribution in [1.29, 1.82) is 0 Å². The summed E-state index contributed by atoms with van der Waals surface area (Å²) in [6.45, 7) is 2.20. The molecule has 0 amide bonds. The molecule has 0 bridgehead atoms. The first kappa shape index (κ1) is 16.1. The molecule has 0 spiro atoms. The summed E-state index contributed by atoms with van der Waals surface area (Å²) in [6, 6.07) is 29.3. The summed E-state index contributed by atoms with van der Waals surface area (Å²) < 4.78 is 5.23. The van der Waals surface area contributed by atoms with E-state index in [9.17, 15) is 0 Å². The van der Waals surface area contributed by atoms with E-state index in [2.05, 4.69) is 67.6 Å². The summed E-state index contributed by atoms with van der Waals surface area (Å²) in [5.41, 5.74) is 1.44. The van der Waals surface area contributed by atoms with Gasteiger partial charge in [0.15, 0.2) is 0 Å². The Morgan fingerprint density at radius 3 is 1.83 bits per heavy atom. The zero-order valence-corrected chi connectivity index (χ0v) is 14.2. The molecule has 0 N–H and O–H groups in total. The molecule has 0 saturated carbocycles. The third-order valence-electron chi connectivity index (χ3n) is 4.23. The standard InChI is InChI=1S/C12H12.C11H10O/c1-2-10-7-5-8-11-6-3-4-9-12(10)11;1-12-11-8-4-6-9-5-2-3-7-10(9)11/h3-9H,2H2,1H3;2-8H,1H3. The zero-order chi connectivity index (χ0) is 16.8. The van der Waals surface area contributed by atoms with Crippen LogP contribution in [0.25, 0.3) is 21.5 Å². The van der Waals surface area contributed by atoms with Gasteiger partial charge in [-0.05, 0) is 34.2 Å². The van der Waals surface area contributed by atoms with Crippen LogP contribution in [0.5, 0.6) is 5.75 Å². The van der Waals surface area contributed by atoms with Crippen LogP contribution in [0.15, 0.2) is 84.9 Å². The molecule has 0 aromatic heterocycles. The van der Waals surface area contributed by atoms with Gasteiger partial charge in [-0.15, -0.1) is 0 Å². The fraction of sp³-hybridized carbons (Fsp3) is 0.130. The lowest BCUT2D eigenvalue weighted by molar-refractivity contribution is 0.420. The summed E-state index contributed by atoms with van der Waals surface area (Å²) in [5, 5.41) is 5.12. The highest BCUT2D eigenvalue weighted by atomic mass is 16.5. The maximum absolute atomic E-state index is 5.23. The van der Waals surface area contributed by atoms with Crippen LogP contribution in [0.4, 0.5) is 0 Å². The van der Waals surface area contributed by atoms with Crippen molar-refractivity contribution < 1.29 is 4.74 Å². The molecule has 1 nitrogen and oxygen atoms in total. The molecular formula is C23H22O. The second-order valence-electron chi connectivity index (χ2n) is 5.67. The number of hydrogen-bond acceptors (Lipinski definition) is 1. The van der Waals surface area contributed by atoms with Crippen molar-refractivity contribution >= 4 is 21.5 Å². The Kier molecular flexibility index (Phi) is 5.12. The molecule has 24 heavy (non-hydrogen) atoms. The van der Waals surface area contributed by atoms with E-state index in [4.69, 9.17) is 4.74 Å². The molecule has 0 saturated heterocycles. The van der Waals surface area contributed by atoms with E-state index in [0.29, 0.717) is 0 Å². The Balaban J connectivity index is 0.000000141. The SMILES string of the molecule is CCc1cccc2ccccc12.COc1cccc2ccccc12. The number of aryl methyl sites for hydroxylation is 1. The molecular weight excluding hydrogens is 292 g/mol. The highest BCUT2D eigenvalue weighted by Crippen LogP contribution is 2.24. The molecule has 0 heterocycles. The molecule has 0 radical (unpaired) electrons. The molecule has 4 aromatic carbocycles. The first-order valence-corrected chi connectivity index (χ1v) is 8.32. The predicted octanol–water partition coefficient (Wildman–Crippen LogP) is 6.25. The van der Waals surface area contributed by atoms with Gasteiger partial charge in [0.1, 0.15) is 5.75 Å². The van der Waals surface area contributed by atoms with E-state index in [1.807, 2.05) is 24.3 Å². The Morgan fingerprint density at radius 1 is 0.625 bits per heavy atom. The minimum absolute atomic E-state index is 0.938. The number of methoxy groups -OCH3 is 1. The molecule has 4 rings (SSSR count). The van der Waals surface area contributed by atoms with Gasteiger partial charge in [0, 0.05) is 5.39 Å². The lowest BCUT2D eigenvalue weighted by Crippen LogP contribution is -1.83. The minimum Gasteiger partial charge on any atom is -0.496 e. The lowest BCUT2D eigenvalue weighted by Gasteiger charge is -2.03. The third kappa shape index (κ3) is 3.41. The van der Waals surface area contributed by atoms with Crippen LogP contribution in [0.1, 0.15) is 12.5 Å². The molecule has 0 aliphatic carbocycles. The van der Waals surface area contributed by atoms with Gasteiger partial charge in [-0.1, -0.05) is 85.8 Å². The van der Waals surface area contributed by atoms with Crippen LogP contribution in [0.2, 0.25) is 0 Å². The first-order chi connectivity index (χ1) is 11.8. The molecule has 0 aliphatic rings.